The van der Waals surface area contributed by atoms with Gasteiger partial charge in [0, 0.05) is 18.8 Å². The number of hydrogen-bond donors (Lipinski definition) is 1. The van der Waals surface area contributed by atoms with Crippen molar-refractivity contribution in [2.75, 3.05) is 23.3 Å². The number of anilines is 2. The highest BCUT2D eigenvalue weighted by molar-refractivity contribution is 7.17. The SMILES string of the molecule is Cc1cc(C)cc(NC(=O)[C@H]2CCCN(c3nc4ccsc4c(=O)n3-c3cccc(C)c3)C2)c1. The third kappa shape index (κ3) is 4.35. The molecule has 0 radical (unpaired) electrons. The van der Waals surface area contributed by atoms with E-state index in [1.165, 1.54) is 11.3 Å². The molecule has 0 aliphatic carbocycles. The number of rotatable bonds is 4. The molecule has 7 heteroatoms. The number of fused-ring (bicyclic) bond motifs is 1. The minimum absolute atomic E-state index is 0.00997. The highest BCUT2D eigenvalue weighted by Crippen LogP contribution is 2.27. The molecule has 1 aliphatic rings. The van der Waals surface area contributed by atoms with Crippen LogP contribution in [0.2, 0.25) is 0 Å². The second-order valence-corrected chi connectivity index (χ2v) is 10.1. The van der Waals surface area contributed by atoms with E-state index in [9.17, 15) is 9.59 Å². The number of carbonyl (C=O) groups excluding carboxylic acids is 1. The van der Waals surface area contributed by atoms with Crippen LogP contribution >= 0.6 is 11.3 Å². The predicted octanol–water partition coefficient (Wildman–Crippen LogP) is 5.23. The summed E-state index contributed by atoms with van der Waals surface area (Å²) in [7, 11) is 0. The number of amides is 1. The molecular weight excluding hydrogens is 444 g/mol. The summed E-state index contributed by atoms with van der Waals surface area (Å²) in [6.07, 6.45) is 1.67. The van der Waals surface area contributed by atoms with E-state index in [4.69, 9.17) is 4.98 Å². The predicted molar refractivity (Wildman–Crippen MR) is 139 cm³/mol. The Hall–Kier alpha value is -3.45. The number of piperidine rings is 1. The average Bonchev–Trinajstić information content (AvgIpc) is 3.27. The van der Waals surface area contributed by atoms with E-state index < -0.39 is 0 Å². The van der Waals surface area contributed by atoms with E-state index in [0.717, 1.165) is 47.5 Å². The van der Waals surface area contributed by atoms with E-state index in [0.29, 0.717) is 22.7 Å². The molecule has 1 amide bonds. The molecule has 0 bridgehead atoms. The van der Waals surface area contributed by atoms with Crippen LogP contribution < -0.4 is 15.8 Å². The third-order valence-corrected chi connectivity index (χ3v) is 7.18. The summed E-state index contributed by atoms with van der Waals surface area (Å²) in [6, 6.07) is 15.9. The van der Waals surface area contributed by atoms with Crippen molar-refractivity contribution in [3.8, 4) is 5.69 Å². The summed E-state index contributed by atoms with van der Waals surface area (Å²) in [5, 5.41) is 5.01. The van der Waals surface area contributed by atoms with Gasteiger partial charge in [-0.05, 0) is 86.0 Å². The van der Waals surface area contributed by atoms with E-state index in [1.54, 1.807) is 4.57 Å². The molecule has 6 nitrogen and oxygen atoms in total. The number of thiophene rings is 1. The van der Waals surface area contributed by atoms with Gasteiger partial charge in [0.15, 0.2) is 0 Å². The van der Waals surface area contributed by atoms with Crippen molar-refractivity contribution in [2.45, 2.75) is 33.6 Å². The fourth-order valence-electron chi connectivity index (χ4n) is 4.78. The topological polar surface area (TPSA) is 67.2 Å². The van der Waals surface area contributed by atoms with Gasteiger partial charge in [-0.2, -0.15) is 0 Å². The first kappa shape index (κ1) is 22.3. The Bertz CT molecular complexity index is 1420. The Morgan fingerprint density at radius 2 is 1.85 bits per heavy atom. The lowest BCUT2D eigenvalue weighted by Gasteiger charge is -2.34. The largest absolute Gasteiger partial charge is 0.341 e. The maximum Gasteiger partial charge on any atom is 0.277 e. The molecule has 174 valence electrons. The van der Waals surface area contributed by atoms with Crippen LogP contribution in [0.15, 0.2) is 58.7 Å². The second kappa shape index (κ2) is 9.06. The zero-order chi connectivity index (χ0) is 23.8. The van der Waals surface area contributed by atoms with Gasteiger partial charge in [-0.25, -0.2) is 9.55 Å². The summed E-state index contributed by atoms with van der Waals surface area (Å²) in [5.41, 5.74) is 5.58. The third-order valence-electron chi connectivity index (χ3n) is 6.29. The first-order valence-corrected chi connectivity index (χ1v) is 12.5. The minimum atomic E-state index is -0.185. The molecule has 1 fully saturated rings. The summed E-state index contributed by atoms with van der Waals surface area (Å²) in [5.74, 6) is 0.428. The first-order chi connectivity index (χ1) is 16.4. The van der Waals surface area contributed by atoms with Crippen LogP contribution in [0.4, 0.5) is 11.6 Å². The van der Waals surface area contributed by atoms with Crippen molar-refractivity contribution in [2.24, 2.45) is 5.92 Å². The minimum Gasteiger partial charge on any atom is -0.341 e. The lowest BCUT2D eigenvalue weighted by atomic mass is 9.97. The van der Waals surface area contributed by atoms with Crippen LogP contribution in [0.5, 0.6) is 0 Å². The summed E-state index contributed by atoms with van der Waals surface area (Å²) in [6.45, 7) is 7.34. The molecule has 0 saturated carbocycles. The van der Waals surface area contributed by atoms with Crippen LogP contribution in [-0.4, -0.2) is 28.5 Å². The molecule has 0 spiro atoms. The Kier molecular flexibility index (Phi) is 5.96. The normalized spacial score (nSPS) is 16.1. The van der Waals surface area contributed by atoms with Gasteiger partial charge in [0.2, 0.25) is 11.9 Å². The Morgan fingerprint density at radius 3 is 2.62 bits per heavy atom. The van der Waals surface area contributed by atoms with Gasteiger partial charge in [0.1, 0.15) is 4.70 Å². The summed E-state index contributed by atoms with van der Waals surface area (Å²) >= 11 is 1.41. The van der Waals surface area contributed by atoms with Crippen molar-refractivity contribution < 1.29 is 4.79 Å². The lowest BCUT2D eigenvalue weighted by Crippen LogP contribution is -2.43. The summed E-state index contributed by atoms with van der Waals surface area (Å²) in [4.78, 5) is 33.7. The fraction of sp³-hybridized carbons (Fsp3) is 0.296. The van der Waals surface area contributed by atoms with Gasteiger partial charge in [-0.1, -0.05) is 18.2 Å². The monoisotopic (exact) mass is 472 g/mol. The van der Waals surface area contributed by atoms with Crippen LogP contribution in [0.3, 0.4) is 0 Å². The van der Waals surface area contributed by atoms with Gasteiger partial charge in [-0.15, -0.1) is 11.3 Å². The highest BCUT2D eigenvalue weighted by Gasteiger charge is 2.29. The number of carbonyl (C=O) groups is 1. The Labute approximate surface area is 202 Å². The molecule has 2 aromatic heterocycles. The molecular formula is C27H28N4O2S. The zero-order valence-corrected chi connectivity index (χ0v) is 20.5. The Morgan fingerprint density at radius 1 is 1.06 bits per heavy atom. The van der Waals surface area contributed by atoms with E-state index in [-0.39, 0.29) is 17.4 Å². The van der Waals surface area contributed by atoms with Gasteiger partial charge >= 0.3 is 0 Å². The van der Waals surface area contributed by atoms with Gasteiger partial charge in [0.05, 0.1) is 17.1 Å². The van der Waals surface area contributed by atoms with E-state index in [1.807, 2.05) is 68.6 Å². The van der Waals surface area contributed by atoms with Gasteiger partial charge < -0.3 is 10.2 Å². The zero-order valence-electron chi connectivity index (χ0n) is 19.7. The van der Waals surface area contributed by atoms with Crippen LogP contribution in [0.1, 0.15) is 29.5 Å². The smallest absolute Gasteiger partial charge is 0.277 e. The van der Waals surface area contributed by atoms with Crippen molar-refractivity contribution >= 4 is 39.1 Å². The van der Waals surface area contributed by atoms with Gasteiger partial charge in [-0.3, -0.25) is 9.59 Å². The molecule has 5 rings (SSSR count). The van der Waals surface area contributed by atoms with Crippen LogP contribution in [0.25, 0.3) is 15.9 Å². The van der Waals surface area contributed by atoms with Crippen LogP contribution in [0, 0.1) is 26.7 Å². The highest BCUT2D eigenvalue weighted by atomic mass is 32.1. The number of benzene rings is 2. The molecule has 3 heterocycles. The van der Waals surface area contributed by atoms with Crippen molar-refractivity contribution in [3.63, 3.8) is 0 Å². The Balaban J connectivity index is 1.49. The number of aryl methyl sites for hydroxylation is 3. The number of nitrogens with one attached hydrogen (secondary N) is 1. The van der Waals surface area contributed by atoms with Crippen molar-refractivity contribution in [1.82, 2.24) is 9.55 Å². The van der Waals surface area contributed by atoms with Crippen LogP contribution in [-0.2, 0) is 4.79 Å². The maximum absolute atomic E-state index is 13.5. The molecule has 2 aromatic carbocycles. The molecule has 1 atom stereocenters. The van der Waals surface area contributed by atoms with Crippen molar-refractivity contribution in [3.05, 3.63) is 81.0 Å². The second-order valence-electron chi connectivity index (χ2n) is 9.18. The van der Waals surface area contributed by atoms with Crippen molar-refractivity contribution in [1.29, 1.82) is 0 Å². The standard InChI is InChI=1S/C27H28N4O2S/c1-17-6-4-8-22(15-17)31-26(33)24-23(9-11-34-24)29-27(31)30-10-5-7-20(16-30)25(32)28-21-13-18(2)12-19(3)14-21/h4,6,8-9,11-15,20H,5,7,10,16H2,1-3H3,(H,28,32)/t20-/m0/s1. The van der Waals surface area contributed by atoms with E-state index >= 15 is 0 Å². The fourth-order valence-corrected chi connectivity index (χ4v) is 5.54. The first-order valence-electron chi connectivity index (χ1n) is 11.6. The number of aromatic nitrogens is 2. The molecule has 34 heavy (non-hydrogen) atoms. The van der Waals surface area contributed by atoms with Gasteiger partial charge in [0.25, 0.3) is 5.56 Å². The molecule has 4 aromatic rings. The molecule has 0 unspecified atom stereocenters. The summed E-state index contributed by atoms with van der Waals surface area (Å²) < 4.78 is 2.35. The average molecular weight is 473 g/mol. The molecule has 1 saturated heterocycles. The van der Waals surface area contributed by atoms with E-state index in [2.05, 4.69) is 16.3 Å². The lowest BCUT2D eigenvalue weighted by molar-refractivity contribution is -0.120. The molecule has 1 N–H and O–H groups in total. The molecule has 1 aliphatic heterocycles. The number of hydrogen-bond acceptors (Lipinski definition) is 5. The number of nitrogens with zero attached hydrogens (tertiary/aromatic N) is 3. The maximum atomic E-state index is 13.5. The quantitative estimate of drug-likeness (QED) is 0.442.